The highest BCUT2D eigenvalue weighted by Gasteiger charge is 2.26. The van der Waals surface area contributed by atoms with Crippen LogP contribution in [0.5, 0.6) is 0 Å². The standard InChI is InChI=1S/C11H13N5O/c12-6-9-11(15-4-3-14-9)16-5-1-2-8(7-16)10(13)17/h3-4,8H,1-2,5,7H2,(H2,13,17). The predicted octanol–water partition coefficient (Wildman–Crippen LogP) is 0.0500. The van der Waals surface area contributed by atoms with Gasteiger partial charge in [-0.2, -0.15) is 5.26 Å². The van der Waals surface area contributed by atoms with Gasteiger partial charge in [-0.15, -0.1) is 0 Å². The van der Waals surface area contributed by atoms with Crippen LogP contribution in [0.3, 0.4) is 0 Å². The highest BCUT2D eigenvalue weighted by molar-refractivity contribution is 5.77. The molecular formula is C11H13N5O. The maximum atomic E-state index is 11.2. The molecule has 1 unspecified atom stereocenters. The van der Waals surface area contributed by atoms with Crippen molar-refractivity contribution in [2.75, 3.05) is 18.0 Å². The van der Waals surface area contributed by atoms with Crippen molar-refractivity contribution in [2.24, 2.45) is 11.7 Å². The van der Waals surface area contributed by atoms with Crippen LogP contribution in [0.4, 0.5) is 5.82 Å². The van der Waals surface area contributed by atoms with E-state index in [1.54, 1.807) is 6.20 Å². The van der Waals surface area contributed by atoms with Crippen molar-refractivity contribution >= 4 is 11.7 Å². The van der Waals surface area contributed by atoms with Gasteiger partial charge in [-0.05, 0) is 12.8 Å². The molecule has 0 radical (unpaired) electrons. The number of hydrogen-bond donors (Lipinski definition) is 1. The third-order valence-electron chi connectivity index (χ3n) is 2.91. The van der Waals surface area contributed by atoms with E-state index in [1.807, 2.05) is 11.0 Å². The third-order valence-corrected chi connectivity index (χ3v) is 2.91. The average Bonchev–Trinajstić information content (AvgIpc) is 2.39. The summed E-state index contributed by atoms with van der Waals surface area (Å²) in [6, 6.07) is 2.01. The number of anilines is 1. The lowest BCUT2D eigenvalue weighted by Crippen LogP contribution is -2.41. The Labute approximate surface area is 99.1 Å². The van der Waals surface area contributed by atoms with Gasteiger partial charge in [0.2, 0.25) is 5.91 Å². The van der Waals surface area contributed by atoms with E-state index in [-0.39, 0.29) is 17.5 Å². The van der Waals surface area contributed by atoms with Crippen molar-refractivity contribution in [3.8, 4) is 6.07 Å². The first kappa shape index (κ1) is 11.3. The van der Waals surface area contributed by atoms with E-state index in [1.165, 1.54) is 6.20 Å². The first-order chi connectivity index (χ1) is 8.22. The van der Waals surface area contributed by atoms with Gasteiger partial charge in [0.1, 0.15) is 6.07 Å². The molecule has 0 spiro atoms. The number of nitrogens with zero attached hydrogens (tertiary/aromatic N) is 4. The zero-order valence-electron chi connectivity index (χ0n) is 9.33. The molecule has 2 heterocycles. The molecule has 17 heavy (non-hydrogen) atoms. The fourth-order valence-corrected chi connectivity index (χ4v) is 2.04. The van der Waals surface area contributed by atoms with Gasteiger partial charge >= 0.3 is 0 Å². The van der Waals surface area contributed by atoms with Gasteiger partial charge in [0.05, 0.1) is 5.92 Å². The van der Waals surface area contributed by atoms with Crippen LogP contribution in [-0.4, -0.2) is 29.0 Å². The molecule has 6 heteroatoms. The quantitative estimate of drug-likeness (QED) is 0.775. The smallest absolute Gasteiger partial charge is 0.222 e. The Morgan fingerprint density at radius 3 is 3.00 bits per heavy atom. The molecular weight excluding hydrogens is 218 g/mol. The van der Waals surface area contributed by atoms with E-state index < -0.39 is 0 Å². The molecule has 1 aliphatic heterocycles. The zero-order chi connectivity index (χ0) is 12.3. The van der Waals surface area contributed by atoms with Crippen LogP contribution < -0.4 is 10.6 Å². The number of primary amides is 1. The van der Waals surface area contributed by atoms with Crippen molar-refractivity contribution in [1.82, 2.24) is 9.97 Å². The van der Waals surface area contributed by atoms with E-state index in [4.69, 9.17) is 11.0 Å². The SMILES string of the molecule is N#Cc1nccnc1N1CCCC(C(N)=O)C1. The lowest BCUT2D eigenvalue weighted by molar-refractivity contribution is -0.122. The topological polar surface area (TPSA) is 95.9 Å². The number of piperidine rings is 1. The highest BCUT2D eigenvalue weighted by atomic mass is 16.1. The van der Waals surface area contributed by atoms with E-state index >= 15 is 0 Å². The van der Waals surface area contributed by atoms with E-state index in [2.05, 4.69) is 9.97 Å². The Kier molecular flexibility index (Phi) is 3.19. The second-order valence-electron chi connectivity index (χ2n) is 4.03. The van der Waals surface area contributed by atoms with Crippen LogP contribution >= 0.6 is 0 Å². The summed E-state index contributed by atoms with van der Waals surface area (Å²) in [4.78, 5) is 21.2. The number of nitriles is 1. The molecule has 0 aliphatic carbocycles. The van der Waals surface area contributed by atoms with Gasteiger partial charge < -0.3 is 10.6 Å². The number of nitrogens with two attached hydrogens (primary N) is 1. The fraction of sp³-hybridized carbons (Fsp3) is 0.455. The molecule has 1 aromatic rings. The minimum absolute atomic E-state index is 0.169. The van der Waals surface area contributed by atoms with Gasteiger partial charge in [-0.1, -0.05) is 0 Å². The first-order valence-corrected chi connectivity index (χ1v) is 5.47. The van der Waals surface area contributed by atoms with Crippen molar-refractivity contribution in [3.05, 3.63) is 18.1 Å². The minimum atomic E-state index is -0.294. The molecule has 6 nitrogen and oxygen atoms in total. The van der Waals surface area contributed by atoms with Gasteiger partial charge in [-0.3, -0.25) is 4.79 Å². The molecule has 1 aliphatic rings. The van der Waals surface area contributed by atoms with Crippen LogP contribution in [0.1, 0.15) is 18.5 Å². The number of hydrogen-bond acceptors (Lipinski definition) is 5. The Morgan fingerprint density at radius 2 is 2.29 bits per heavy atom. The summed E-state index contributed by atoms with van der Waals surface area (Å²) < 4.78 is 0. The van der Waals surface area contributed by atoms with Crippen LogP contribution in [0.25, 0.3) is 0 Å². The summed E-state index contributed by atoms with van der Waals surface area (Å²) in [7, 11) is 0. The lowest BCUT2D eigenvalue weighted by atomic mass is 9.97. The van der Waals surface area contributed by atoms with Crippen LogP contribution in [0, 0.1) is 17.2 Å². The Bertz CT molecular complexity index is 467. The summed E-state index contributed by atoms with van der Waals surface area (Å²) in [5.41, 5.74) is 5.60. The van der Waals surface area contributed by atoms with E-state index in [0.29, 0.717) is 12.4 Å². The first-order valence-electron chi connectivity index (χ1n) is 5.47. The van der Waals surface area contributed by atoms with Gasteiger partial charge in [0.25, 0.3) is 0 Å². The Balaban J connectivity index is 2.22. The number of carbonyl (C=O) groups excluding carboxylic acids is 1. The predicted molar refractivity (Wildman–Crippen MR) is 60.9 cm³/mol. The van der Waals surface area contributed by atoms with Crippen LogP contribution in [0.15, 0.2) is 12.4 Å². The second kappa shape index (κ2) is 4.78. The van der Waals surface area contributed by atoms with Crippen LogP contribution in [0.2, 0.25) is 0 Å². The summed E-state index contributed by atoms with van der Waals surface area (Å²) in [5, 5.41) is 8.95. The van der Waals surface area contributed by atoms with Gasteiger partial charge in [0.15, 0.2) is 11.5 Å². The molecule has 2 N–H and O–H groups in total. The Morgan fingerprint density at radius 1 is 1.53 bits per heavy atom. The molecule has 1 aromatic heterocycles. The highest BCUT2D eigenvalue weighted by Crippen LogP contribution is 2.22. The lowest BCUT2D eigenvalue weighted by Gasteiger charge is -2.32. The molecule has 2 rings (SSSR count). The number of carbonyl (C=O) groups is 1. The maximum absolute atomic E-state index is 11.2. The number of rotatable bonds is 2. The normalized spacial score (nSPS) is 19.7. The van der Waals surface area contributed by atoms with Crippen molar-refractivity contribution in [2.45, 2.75) is 12.8 Å². The molecule has 1 saturated heterocycles. The largest absolute Gasteiger partial charge is 0.369 e. The summed E-state index contributed by atoms with van der Waals surface area (Å²) in [6.45, 7) is 1.29. The summed E-state index contributed by atoms with van der Waals surface area (Å²) in [6.07, 6.45) is 4.70. The second-order valence-corrected chi connectivity index (χ2v) is 4.03. The third kappa shape index (κ3) is 2.33. The van der Waals surface area contributed by atoms with Crippen molar-refractivity contribution < 1.29 is 4.79 Å². The van der Waals surface area contributed by atoms with E-state index in [9.17, 15) is 4.79 Å². The number of amides is 1. The van der Waals surface area contributed by atoms with Gasteiger partial charge in [-0.25, -0.2) is 9.97 Å². The molecule has 1 fully saturated rings. The van der Waals surface area contributed by atoms with E-state index in [0.717, 1.165) is 19.4 Å². The summed E-state index contributed by atoms with van der Waals surface area (Å²) >= 11 is 0. The molecule has 1 atom stereocenters. The average molecular weight is 231 g/mol. The molecule has 0 bridgehead atoms. The molecule has 0 aromatic carbocycles. The maximum Gasteiger partial charge on any atom is 0.222 e. The summed E-state index contributed by atoms with van der Waals surface area (Å²) in [5.74, 6) is 0.0790. The van der Waals surface area contributed by atoms with Crippen molar-refractivity contribution in [1.29, 1.82) is 5.26 Å². The van der Waals surface area contributed by atoms with Crippen molar-refractivity contribution in [3.63, 3.8) is 0 Å². The minimum Gasteiger partial charge on any atom is -0.369 e. The fourth-order valence-electron chi connectivity index (χ4n) is 2.04. The van der Waals surface area contributed by atoms with Crippen LogP contribution in [-0.2, 0) is 4.79 Å². The molecule has 0 saturated carbocycles. The number of aromatic nitrogens is 2. The Hall–Kier alpha value is -2.16. The monoisotopic (exact) mass is 231 g/mol. The molecule has 1 amide bonds. The molecule has 88 valence electrons. The zero-order valence-corrected chi connectivity index (χ0v) is 9.33. The van der Waals surface area contributed by atoms with Gasteiger partial charge in [0, 0.05) is 25.5 Å².